The highest BCUT2D eigenvalue weighted by atomic mass is 79.9. The van der Waals surface area contributed by atoms with Crippen LogP contribution >= 0.6 is 27.3 Å². The van der Waals surface area contributed by atoms with Crippen molar-refractivity contribution in [2.24, 2.45) is 0 Å². The predicted octanol–water partition coefficient (Wildman–Crippen LogP) is 5.69. The van der Waals surface area contributed by atoms with Crippen molar-refractivity contribution >= 4 is 38.5 Å². The lowest BCUT2D eigenvalue weighted by molar-refractivity contribution is 0.631. The van der Waals surface area contributed by atoms with E-state index in [0.717, 1.165) is 11.3 Å². The number of anilines is 1. The molecule has 0 aliphatic rings. The van der Waals surface area contributed by atoms with Crippen LogP contribution in [0.2, 0.25) is 0 Å². The highest BCUT2D eigenvalue weighted by Gasteiger charge is 2.09. The standard InChI is InChI=1S/C18H11BrFN3S/c19-14-6-7-16(15(20)8-14)22-10-13(9-21)18-23-17(11-24-18)12-4-2-1-3-5-12/h1-8,10-11,22H. The summed E-state index contributed by atoms with van der Waals surface area (Å²) in [6.07, 6.45) is 1.47. The molecule has 3 rings (SSSR count). The van der Waals surface area contributed by atoms with Gasteiger partial charge in [-0.2, -0.15) is 5.26 Å². The zero-order chi connectivity index (χ0) is 16.9. The molecule has 0 fully saturated rings. The van der Waals surface area contributed by atoms with E-state index in [2.05, 4.69) is 32.3 Å². The van der Waals surface area contributed by atoms with Crippen molar-refractivity contribution in [2.75, 3.05) is 5.32 Å². The average molecular weight is 400 g/mol. The number of halogens is 2. The lowest BCUT2D eigenvalue weighted by Gasteiger charge is -2.03. The van der Waals surface area contributed by atoms with Crippen molar-refractivity contribution in [3.8, 4) is 17.3 Å². The van der Waals surface area contributed by atoms with Gasteiger partial charge in [0.15, 0.2) is 0 Å². The Morgan fingerprint density at radius 1 is 1.25 bits per heavy atom. The topological polar surface area (TPSA) is 48.7 Å². The molecule has 24 heavy (non-hydrogen) atoms. The number of nitriles is 1. The first-order valence-electron chi connectivity index (χ1n) is 7.00. The first-order chi connectivity index (χ1) is 11.7. The second-order valence-corrected chi connectivity index (χ2v) is 6.62. The Morgan fingerprint density at radius 3 is 2.75 bits per heavy atom. The van der Waals surface area contributed by atoms with Gasteiger partial charge in [-0.15, -0.1) is 11.3 Å². The van der Waals surface area contributed by atoms with Crippen LogP contribution in [0.25, 0.3) is 16.8 Å². The summed E-state index contributed by atoms with van der Waals surface area (Å²) in [6.45, 7) is 0. The zero-order valence-electron chi connectivity index (χ0n) is 12.3. The summed E-state index contributed by atoms with van der Waals surface area (Å²) < 4.78 is 14.5. The van der Waals surface area contributed by atoms with E-state index in [9.17, 15) is 9.65 Å². The molecule has 0 aliphatic carbocycles. The maximum absolute atomic E-state index is 13.8. The lowest BCUT2D eigenvalue weighted by atomic mass is 10.2. The van der Waals surface area contributed by atoms with Gasteiger partial charge in [-0.3, -0.25) is 0 Å². The fourth-order valence-corrected chi connectivity index (χ4v) is 3.17. The summed E-state index contributed by atoms with van der Waals surface area (Å²) in [5, 5.41) is 14.7. The predicted molar refractivity (Wildman–Crippen MR) is 98.9 cm³/mol. The van der Waals surface area contributed by atoms with Crippen LogP contribution < -0.4 is 5.32 Å². The quantitative estimate of drug-likeness (QED) is 0.573. The largest absolute Gasteiger partial charge is 0.358 e. The summed E-state index contributed by atoms with van der Waals surface area (Å²) in [7, 11) is 0. The molecule has 1 heterocycles. The second-order valence-electron chi connectivity index (χ2n) is 4.84. The molecule has 0 aliphatic heterocycles. The van der Waals surface area contributed by atoms with Crippen molar-refractivity contribution in [2.45, 2.75) is 0 Å². The van der Waals surface area contributed by atoms with E-state index >= 15 is 0 Å². The highest BCUT2D eigenvalue weighted by Crippen LogP contribution is 2.26. The van der Waals surface area contributed by atoms with Crippen LogP contribution in [0.15, 0.2) is 64.6 Å². The molecule has 0 saturated heterocycles. The van der Waals surface area contributed by atoms with Crippen molar-refractivity contribution in [3.63, 3.8) is 0 Å². The molecule has 0 spiro atoms. The van der Waals surface area contributed by atoms with Crippen molar-refractivity contribution in [3.05, 3.63) is 75.4 Å². The van der Waals surface area contributed by atoms with Crippen LogP contribution in [0.1, 0.15) is 5.01 Å². The third kappa shape index (κ3) is 3.70. The molecule has 1 aromatic heterocycles. The monoisotopic (exact) mass is 399 g/mol. The fourth-order valence-electron chi connectivity index (χ4n) is 2.04. The van der Waals surface area contributed by atoms with E-state index in [0.29, 0.717) is 20.7 Å². The zero-order valence-corrected chi connectivity index (χ0v) is 14.7. The van der Waals surface area contributed by atoms with Crippen LogP contribution in [0, 0.1) is 17.1 Å². The lowest BCUT2D eigenvalue weighted by Crippen LogP contribution is -1.94. The fraction of sp³-hybridized carbons (Fsp3) is 0. The summed E-state index contributed by atoms with van der Waals surface area (Å²) in [5.74, 6) is -0.401. The Labute approximate surface area is 151 Å². The van der Waals surface area contributed by atoms with Gasteiger partial charge < -0.3 is 5.32 Å². The van der Waals surface area contributed by atoms with Crippen molar-refractivity contribution in [1.82, 2.24) is 4.98 Å². The van der Waals surface area contributed by atoms with Gasteiger partial charge in [-0.25, -0.2) is 9.37 Å². The Kier molecular flexibility index (Phi) is 5.04. The van der Waals surface area contributed by atoms with E-state index in [1.54, 1.807) is 12.1 Å². The van der Waals surface area contributed by atoms with Gasteiger partial charge in [-0.1, -0.05) is 46.3 Å². The maximum Gasteiger partial charge on any atom is 0.147 e. The highest BCUT2D eigenvalue weighted by molar-refractivity contribution is 9.10. The number of nitrogens with zero attached hydrogens (tertiary/aromatic N) is 2. The summed E-state index contributed by atoms with van der Waals surface area (Å²) >= 11 is 4.58. The molecule has 6 heteroatoms. The van der Waals surface area contributed by atoms with Gasteiger partial charge in [-0.05, 0) is 18.2 Å². The SMILES string of the molecule is N#CC(=CNc1ccc(Br)cc1F)c1nc(-c2ccccc2)cs1. The van der Waals surface area contributed by atoms with Crippen LogP contribution in [0.3, 0.4) is 0 Å². The van der Waals surface area contributed by atoms with Crippen molar-refractivity contribution < 1.29 is 4.39 Å². The maximum atomic E-state index is 13.8. The summed E-state index contributed by atoms with van der Waals surface area (Å²) in [5.41, 5.74) is 2.45. The van der Waals surface area contributed by atoms with Gasteiger partial charge in [0.2, 0.25) is 0 Å². The Balaban J connectivity index is 1.84. The smallest absolute Gasteiger partial charge is 0.147 e. The molecule has 0 unspecified atom stereocenters. The van der Waals surface area contributed by atoms with Gasteiger partial charge in [0, 0.05) is 21.6 Å². The molecule has 118 valence electrons. The molecule has 3 aromatic rings. The third-order valence-electron chi connectivity index (χ3n) is 3.23. The minimum atomic E-state index is -0.401. The Bertz CT molecular complexity index is 929. The molecule has 0 radical (unpaired) electrons. The average Bonchev–Trinajstić information content (AvgIpc) is 3.08. The Hall–Kier alpha value is -2.49. The minimum Gasteiger partial charge on any atom is -0.358 e. The molecular weight excluding hydrogens is 389 g/mol. The molecule has 0 bridgehead atoms. The second kappa shape index (κ2) is 7.39. The molecule has 2 aromatic carbocycles. The van der Waals surface area contributed by atoms with Crippen LogP contribution in [0.5, 0.6) is 0 Å². The third-order valence-corrected chi connectivity index (χ3v) is 4.60. The van der Waals surface area contributed by atoms with Gasteiger partial charge in [0.25, 0.3) is 0 Å². The molecule has 0 saturated carbocycles. The first-order valence-corrected chi connectivity index (χ1v) is 8.68. The molecule has 3 nitrogen and oxygen atoms in total. The Morgan fingerprint density at radius 2 is 2.04 bits per heavy atom. The molecular formula is C18H11BrFN3S. The number of hydrogen-bond donors (Lipinski definition) is 1. The van der Waals surface area contributed by atoms with E-state index in [4.69, 9.17) is 0 Å². The van der Waals surface area contributed by atoms with Crippen LogP contribution in [-0.4, -0.2) is 4.98 Å². The van der Waals surface area contributed by atoms with E-state index < -0.39 is 5.82 Å². The molecule has 0 amide bonds. The van der Waals surface area contributed by atoms with Crippen LogP contribution in [-0.2, 0) is 0 Å². The van der Waals surface area contributed by atoms with Gasteiger partial charge in [0.1, 0.15) is 22.5 Å². The number of aromatic nitrogens is 1. The van der Waals surface area contributed by atoms with Crippen molar-refractivity contribution in [1.29, 1.82) is 5.26 Å². The van der Waals surface area contributed by atoms with E-state index in [-0.39, 0.29) is 0 Å². The van der Waals surface area contributed by atoms with E-state index in [1.807, 2.05) is 35.7 Å². The molecule has 0 atom stereocenters. The summed E-state index contributed by atoms with van der Waals surface area (Å²) in [4.78, 5) is 4.49. The number of benzene rings is 2. The summed E-state index contributed by atoms with van der Waals surface area (Å²) in [6, 6.07) is 16.5. The van der Waals surface area contributed by atoms with Gasteiger partial charge >= 0.3 is 0 Å². The van der Waals surface area contributed by atoms with Crippen LogP contribution in [0.4, 0.5) is 10.1 Å². The number of allylic oxidation sites excluding steroid dienone is 1. The van der Waals surface area contributed by atoms with E-state index in [1.165, 1.54) is 23.6 Å². The molecule has 1 N–H and O–H groups in total. The first kappa shape index (κ1) is 16.4. The number of hydrogen-bond acceptors (Lipinski definition) is 4. The number of rotatable bonds is 4. The number of thiazole rings is 1. The minimum absolute atomic E-state index is 0.297. The number of nitrogens with one attached hydrogen (secondary N) is 1. The normalized spacial score (nSPS) is 11.1. The van der Waals surface area contributed by atoms with Gasteiger partial charge in [0.05, 0.1) is 11.4 Å².